The molecule has 3 nitrogen and oxygen atoms in total. The van der Waals surface area contributed by atoms with Crippen molar-refractivity contribution in [2.75, 3.05) is 32.2 Å². The zero-order chi connectivity index (χ0) is 14.5. The summed E-state index contributed by atoms with van der Waals surface area (Å²) in [7, 11) is 1.68. The molecule has 0 saturated carbocycles. The Morgan fingerprint density at radius 1 is 0.900 bits per heavy atom. The van der Waals surface area contributed by atoms with Gasteiger partial charge < -0.3 is 14.8 Å². The standard InChI is InChI=1S/C17H29NO2/c1-3-4-5-6-7-8-13-18-16-9-11-17(12-10-16)20-15-14-19-2/h9-12,18H,3-8,13-15H2,1-2H3. The predicted molar refractivity (Wildman–Crippen MR) is 85.7 cm³/mol. The maximum Gasteiger partial charge on any atom is 0.119 e. The van der Waals surface area contributed by atoms with Gasteiger partial charge in [0.05, 0.1) is 6.61 Å². The smallest absolute Gasteiger partial charge is 0.119 e. The van der Waals surface area contributed by atoms with Crippen LogP contribution in [-0.2, 0) is 4.74 Å². The van der Waals surface area contributed by atoms with Crippen molar-refractivity contribution >= 4 is 5.69 Å². The monoisotopic (exact) mass is 279 g/mol. The van der Waals surface area contributed by atoms with Gasteiger partial charge in [-0.3, -0.25) is 0 Å². The predicted octanol–water partition coefficient (Wildman–Crippen LogP) is 4.48. The van der Waals surface area contributed by atoms with E-state index in [1.807, 2.05) is 12.1 Å². The lowest BCUT2D eigenvalue weighted by Crippen LogP contribution is -2.04. The molecule has 0 saturated heterocycles. The maximum absolute atomic E-state index is 5.53. The third kappa shape index (κ3) is 8.05. The fourth-order valence-corrected chi connectivity index (χ4v) is 2.05. The van der Waals surface area contributed by atoms with Gasteiger partial charge in [0.1, 0.15) is 12.4 Å². The first kappa shape index (κ1) is 16.8. The van der Waals surface area contributed by atoms with E-state index in [4.69, 9.17) is 9.47 Å². The van der Waals surface area contributed by atoms with E-state index < -0.39 is 0 Å². The average Bonchev–Trinajstić information content (AvgIpc) is 2.48. The van der Waals surface area contributed by atoms with E-state index in [0.29, 0.717) is 13.2 Å². The molecular weight excluding hydrogens is 250 g/mol. The van der Waals surface area contributed by atoms with Crippen LogP contribution in [0.3, 0.4) is 0 Å². The fraction of sp³-hybridized carbons (Fsp3) is 0.647. The highest BCUT2D eigenvalue weighted by atomic mass is 16.5. The van der Waals surface area contributed by atoms with E-state index in [-0.39, 0.29) is 0 Å². The Morgan fingerprint density at radius 2 is 1.60 bits per heavy atom. The lowest BCUT2D eigenvalue weighted by Gasteiger charge is -2.08. The van der Waals surface area contributed by atoms with Gasteiger partial charge in [-0.1, -0.05) is 39.0 Å². The Balaban J connectivity index is 2.08. The van der Waals surface area contributed by atoms with Gasteiger partial charge in [-0.15, -0.1) is 0 Å². The number of methoxy groups -OCH3 is 1. The maximum atomic E-state index is 5.53. The summed E-state index contributed by atoms with van der Waals surface area (Å²) in [6.07, 6.45) is 8.00. The number of unbranched alkanes of at least 4 members (excludes halogenated alkanes) is 5. The molecule has 1 aromatic rings. The first-order valence-electron chi connectivity index (χ1n) is 7.82. The van der Waals surface area contributed by atoms with E-state index in [2.05, 4.69) is 24.4 Å². The zero-order valence-corrected chi connectivity index (χ0v) is 13.0. The van der Waals surface area contributed by atoms with Gasteiger partial charge in [-0.2, -0.15) is 0 Å². The number of hydrogen-bond donors (Lipinski definition) is 1. The number of benzene rings is 1. The van der Waals surface area contributed by atoms with Gasteiger partial charge >= 0.3 is 0 Å². The third-order valence-corrected chi connectivity index (χ3v) is 3.27. The van der Waals surface area contributed by atoms with Crippen LogP contribution in [0.25, 0.3) is 0 Å². The number of hydrogen-bond acceptors (Lipinski definition) is 3. The quantitative estimate of drug-likeness (QED) is 0.572. The minimum Gasteiger partial charge on any atom is -0.491 e. The SMILES string of the molecule is CCCCCCCCNc1ccc(OCCOC)cc1. The zero-order valence-electron chi connectivity index (χ0n) is 13.0. The lowest BCUT2D eigenvalue weighted by molar-refractivity contribution is 0.146. The highest BCUT2D eigenvalue weighted by Crippen LogP contribution is 2.15. The molecule has 114 valence electrons. The second-order valence-electron chi connectivity index (χ2n) is 5.06. The van der Waals surface area contributed by atoms with Gasteiger partial charge in [0.25, 0.3) is 0 Å². The van der Waals surface area contributed by atoms with E-state index in [0.717, 1.165) is 18.0 Å². The molecule has 0 aliphatic heterocycles. The van der Waals surface area contributed by atoms with E-state index in [1.165, 1.54) is 38.5 Å². The van der Waals surface area contributed by atoms with Crippen molar-refractivity contribution in [2.24, 2.45) is 0 Å². The average molecular weight is 279 g/mol. The summed E-state index contributed by atoms with van der Waals surface area (Å²) >= 11 is 0. The second kappa shape index (κ2) is 11.6. The van der Waals surface area contributed by atoms with Crippen molar-refractivity contribution in [2.45, 2.75) is 45.4 Å². The molecule has 0 bridgehead atoms. The first-order chi connectivity index (χ1) is 9.86. The van der Waals surface area contributed by atoms with Crippen molar-refractivity contribution in [1.29, 1.82) is 0 Å². The molecule has 0 radical (unpaired) electrons. The summed E-state index contributed by atoms with van der Waals surface area (Å²) < 4.78 is 10.5. The Morgan fingerprint density at radius 3 is 2.30 bits per heavy atom. The van der Waals surface area contributed by atoms with Crippen LogP contribution >= 0.6 is 0 Å². The Bertz CT molecular complexity index is 324. The van der Waals surface area contributed by atoms with Crippen LogP contribution < -0.4 is 10.1 Å². The van der Waals surface area contributed by atoms with E-state index >= 15 is 0 Å². The molecule has 0 amide bonds. The molecule has 0 aliphatic carbocycles. The number of nitrogens with one attached hydrogen (secondary N) is 1. The van der Waals surface area contributed by atoms with Crippen LogP contribution in [0.15, 0.2) is 24.3 Å². The lowest BCUT2D eigenvalue weighted by atomic mass is 10.1. The van der Waals surface area contributed by atoms with Crippen LogP contribution in [0.5, 0.6) is 5.75 Å². The summed E-state index contributed by atoms with van der Waals surface area (Å²) in [4.78, 5) is 0. The van der Waals surface area contributed by atoms with Crippen LogP contribution in [0.2, 0.25) is 0 Å². The summed E-state index contributed by atoms with van der Waals surface area (Å²) in [5, 5.41) is 3.45. The summed E-state index contributed by atoms with van der Waals surface area (Å²) in [5.41, 5.74) is 1.16. The molecular formula is C17H29NO2. The minimum absolute atomic E-state index is 0.598. The third-order valence-electron chi connectivity index (χ3n) is 3.27. The molecule has 1 N–H and O–H groups in total. The molecule has 0 spiro atoms. The molecule has 20 heavy (non-hydrogen) atoms. The van der Waals surface area contributed by atoms with Crippen molar-refractivity contribution in [1.82, 2.24) is 0 Å². The van der Waals surface area contributed by atoms with E-state index in [9.17, 15) is 0 Å². The van der Waals surface area contributed by atoms with Crippen LogP contribution in [0.4, 0.5) is 5.69 Å². The molecule has 1 aromatic carbocycles. The second-order valence-corrected chi connectivity index (χ2v) is 5.06. The Hall–Kier alpha value is -1.22. The topological polar surface area (TPSA) is 30.5 Å². The number of ether oxygens (including phenoxy) is 2. The normalized spacial score (nSPS) is 10.5. The highest BCUT2D eigenvalue weighted by molar-refractivity contribution is 5.46. The van der Waals surface area contributed by atoms with Gasteiger partial charge in [-0.25, -0.2) is 0 Å². The Kier molecular flexibility index (Phi) is 9.76. The molecule has 0 aliphatic rings. The molecule has 0 heterocycles. The molecule has 0 aromatic heterocycles. The van der Waals surface area contributed by atoms with Crippen LogP contribution in [0, 0.1) is 0 Å². The van der Waals surface area contributed by atoms with Crippen LogP contribution in [-0.4, -0.2) is 26.9 Å². The minimum atomic E-state index is 0.598. The van der Waals surface area contributed by atoms with Gasteiger partial charge in [0.2, 0.25) is 0 Å². The van der Waals surface area contributed by atoms with Crippen molar-refractivity contribution in [3.8, 4) is 5.75 Å². The molecule has 0 fully saturated rings. The molecule has 3 heteroatoms. The summed E-state index contributed by atoms with van der Waals surface area (Å²) in [6.45, 7) is 4.53. The molecule has 1 rings (SSSR count). The van der Waals surface area contributed by atoms with Crippen LogP contribution in [0.1, 0.15) is 45.4 Å². The summed E-state index contributed by atoms with van der Waals surface area (Å²) in [6, 6.07) is 8.14. The van der Waals surface area contributed by atoms with Gasteiger partial charge in [0.15, 0.2) is 0 Å². The van der Waals surface area contributed by atoms with Gasteiger partial charge in [0, 0.05) is 19.3 Å². The Labute approximate surface area is 123 Å². The fourth-order valence-electron chi connectivity index (χ4n) is 2.05. The summed E-state index contributed by atoms with van der Waals surface area (Å²) in [5.74, 6) is 0.896. The van der Waals surface area contributed by atoms with Gasteiger partial charge in [-0.05, 0) is 30.7 Å². The molecule has 0 atom stereocenters. The molecule has 0 unspecified atom stereocenters. The first-order valence-corrected chi connectivity index (χ1v) is 7.82. The van der Waals surface area contributed by atoms with E-state index in [1.54, 1.807) is 7.11 Å². The highest BCUT2D eigenvalue weighted by Gasteiger charge is 1.95. The van der Waals surface area contributed by atoms with Crippen molar-refractivity contribution < 1.29 is 9.47 Å². The number of anilines is 1. The number of rotatable bonds is 12. The largest absolute Gasteiger partial charge is 0.491 e. The van der Waals surface area contributed by atoms with Crippen molar-refractivity contribution in [3.63, 3.8) is 0 Å². The van der Waals surface area contributed by atoms with Crippen molar-refractivity contribution in [3.05, 3.63) is 24.3 Å².